The number of hydrogen-bond acceptors (Lipinski definition) is 5. The first-order valence-corrected chi connectivity index (χ1v) is 11.1. The van der Waals surface area contributed by atoms with Crippen molar-refractivity contribution in [3.05, 3.63) is 0 Å². The predicted octanol–water partition coefficient (Wildman–Crippen LogP) is 1.56. The standard InChI is InChI=1S/C18H36O5S.Na/c1-2-3-4-5-6-7-8-9-10-11-12-13-14-15-18(19)23-16-17-24(20,21)22;/h2-17H2,1H3,(H,20,21,22);/q;+1/p-1. The molecule has 0 aromatic rings. The van der Waals surface area contributed by atoms with Gasteiger partial charge >= 0.3 is 35.5 Å². The fourth-order valence-electron chi connectivity index (χ4n) is 2.62. The molecule has 0 spiro atoms. The van der Waals surface area contributed by atoms with Gasteiger partial charge in [0.2, 0.25) is 0 Å². The largest absolute Gasteiger partial charge is 1.00 e. The summed E-state index contributed by atoms with van der Waals surface area (Å²) in [6, 6.07) is 0. The van der Waals surface area contributed by atoms with Crippen LogP contribution in [0.3, 0.4) is 0 Å². The maximum atomic E-state index is 11.3. The third-order valence-corrected chi connectivity index (χ3v) is 4.75. The number of hydrogen-bond donors (Lipinski definition) is 0. The molecule has 0 aliphatic rings. The van der Waals surface area contributed by atoms with Gasteiger partial charge in [-0.3, -0.25) is 4.79 Å². The Hall–Kier alpha value is 0.380. The van der Waals surface area contributed by atoms with Crippen LogP contribution in [0.25, 0.3) is 0 Å². The molecular weight excluding hydrogens is 351 g/mol. The van der Waals surface area contributed by atoms with Crippen LogP contribution >= 0.6 is 0 Å². The molecule has 25 heavy (non-hydrogen) atoms. The Morgan fingerprint density at radius 1 is 0.800 bits per heavy atom. The molecule has 0 radical (unpaired) electrons. The molecule has 0 unspecified atom stereocenters. The molecule has 0 aliphatic carbocycles. The number of unbranched alkanes of at least 4 members (excludes halogenated alkanes) is 12. The first kappa shape index (κ1) is 27.6. The van der Waals surface area contributed by atoms with Crippen LogP contribution in [-0.4, -0.2) is 31.3 Å². The Morgan fingerprint density at radius 2 is 1.20 bits per heavy atom. The molecule has 5 nitrogen and oxygen atoms in total. The van der Waals surface area contributed by atoms with Gasteiger partial charge < -0.3 is 9.29 Å². The van der Waals surface area contributed by atoms with Gasteiger partial charge in [-0.05, 0) is 6.42 Å². The van der Waals surface area contributed by atoms with Gasteiger partial charge in [-0.25, -0.2) is 8.42 Å². The summed E-state index contributed by atoms with van der Waals surface area (Å²) >= 11 is 0. The smallest absolute Gasteiger partial charge is 0.748 e. The van der Waals surface area contributed by atoms with Crippen LogP contribution in [0, 0.1) is 0 Å². The topological polar surface area (TPSA) is 83.5 Å². The number of carbonyl (C=O) groups is 1. The van der Waals surface area contributed by atoms with Gasteiger partial charge in [-0.15, -0.1) is 0 Å². The normalized spacial score (nSPS) is 11.1. The minimum atomic E-state index is -4.30. The van der Waals surface area contributed by atoms with Gasteiger partial charge in [0.1, 0.15) is 6.61 Å². The Balaban J connectivity index is 0. The molecule has 0 saturated carbocycles. The Kier molecular flexibility index (Phi) is 21.1. The summed E-state index contributed by atoms with van der Waals surface area (Å²) in [5.41, 5.74) is 0. The third-order valence-electron chi connectivity index (χ3n) is 4.08. The van der Waals surface area contributed by atoms with E-state index in [9.17, 15) is 17.8 Å². The van der Waals surface area contributed by atoms with Crippen molar-refractivity contribution in [3.8, 4) is 0 Å². The summed E-state index contributed by atoms with van der Waals surface area (Å²) < 4.78 is 35.8. The molecule has 0 aliphatic heterocycles. The van der Waals surface area contributed by atoms with Crippen molar-refractivity contribution in [1.29, 1.82) is 0 Å². The van der Waals surface area contributed by atoms with Crippen molar-refractivity contribution >= 4 is 16.1 Å². The van der Waals surface area contributed by atoms with Crippen molar-refractivity contribution in [1.82, 2.24) is 0 Å². The third kappa shape index (κ3) is 24.4. The van der Waals surface area contributed by atoms with Gasteiger partial charge in [0.15, 0.2) is 0 Å². The number of esters is 1. The van der Waals surface area contributed by atoms with Crippen molar-refractivity contribution in [2.45, 2.75) is 96.8 Å². The molecule has 0 atom stereocenters. The van der Waals surface area contributed by atoms with E-state index in [-0.39, 0.29) is 36.2 Å². The van der Waals surface area contributed by atoms with Crippen LogP contribution < -0.4 is 29.6 Å². The summed E-state index contributed by atoms with van der Waals surface area (Å²) in [7, 11) is -4.30. The minimum absolute atomic E-state index is 0. The molecule has 0 fully saturated rings. The second-order valence-electron chi connectivity index (χ2n) is 6.47. The summed E-state index contributed by atoms with van der Waals surface area (Å²) in [5, 5.41) is 0. The van der Waals surface area contributed by atoms with Crippen molar-refractivity contribution < 1.29 is 52.1 Å². The maximum absolute atomic E-state index is 11.3. The van der Waals surface area contributed by atoms with E-state index in [0.29, 0.717) is 6.42 Å². The zero-order chi connectivity index (χ0) is 18.1. The van der Waals surface area contributed by atoms with Crippen molar-refractivity contribution in [2.75, 3.05) is 12.4 Å². The Bertz CT molecular complexity index is 398. The second-order valence-corrected chi connectivity index (χ2v) is 8.00. The molecule has 0 aromatic heterocycles. The van der Waals surface area contributed by atoms with Crippen LogP contribution in [0.15, 0.2) is 0 Å². The number of carbonyl (C=O) groups excluding carboxylic acids is 1. The molecule has 0 amide bonds. The molecule has 0 bridgehead atoms. The van der Waals surface area contributed by atoms with E-state index in [1.54, 1.807) is 0 Å². The predicted molar refractivity (Wildman–Crippen MR) is 95.8 cm³/mol. The monoisotopic (exact) mass is 386 g/mol. The number of ether oxygens (including phenoxy) is 1. The Labute approximate surface area is 176 Å². The van der Waals surface area contributed by atoms with E-state index in [1.807, 2.05) is 0 Å². The van der Waals surface area contributed by atoms with E-state index in [0.717, 1.165) is 19.3 Å². The fraction of sp³-hybridized carbons (Fsp3) is 0.944. The van der Waals surface area contributed by atoms with Crippen LogP contribution in [0.2, 0.25) is 0 Å². The molecule has 0 aromatic carbocycles. The molecule has 0 heterocycles. The van der Waals surface area contributed by atoms with Crippen LogP contribution in [0.4, 0.5) is 0 Å². The van der Waals surface area contributed by atoms with Gasteiger partial charge in [0.25, 0.3) is 0 Å². The molecule has 144 valence electrons. The first-order chi connectivity index (χ1) is 11.5. The molecule has 0 saturated heterocycles. The number of rotatable bonds is 17. The van der Waals surface area contributed by atoms with E-state index in [1.165, 1.54) is 64.2 Å². The van der Waals surface area contributed by atoms with Gasteiger partial charge in [0.05, 0.1) is 15.9 Å². The molecule has 7 heteroatoms. The minimum Gasteiger partial charge on any atom is -0.748 e. The average molecular weight is 387 g/mol. The average Bonchev–Trinajstić information content (AvgIpc) is 2.50. The summed E-state index contributed by atoms with van der Waals surface area (Å²) in [4.78, 5) is 11.3. The zero-order valence-corrected chi connectivity index (χ0v) is 19.1. The van der Waals surface area contributed by atoms with E-state index >= 15 is 0 Å². The molecular formula is C18H35NaO5S. The van der Waals surface area contributed by atoms with Crippen LogP contribution in [-0.2, 0) is 19.6 Å². The fourth-order valence-corrected chi connectivity index (χ4v) is 2.90. The van der Waals surface area contributed by atoms with Crippen LogP contribution in [0.1, 0.15) is 96.8 Å². The van der Waals surface area contributed by atoms with Crippen molar-refractivity contribution in [3.63, 3.8) is 0 Å². The Morgan fingerprint density at radius 3 is 1.60 bits per heavy atom. The first-order valence-electron chi connectivity index (χ1n) is 9.55. The molecule has 0 N–H and O–H groups in total. The SMILES string of the molecule is CCCCCCCCCCCCCCCC(=O)OCCS(=O)(=O)[O-].[Na+]. The quantitative estimate of drug-likeness (QED) is 0.164. The van der Waals surface area contributed by atoms with Crippen LogP contribution in [0.5, 0.6) is 0 Å². The maximum Gasteiger partial charge on any atom is 1.00 e. The summed E-state index contributed by atoms with van der Waals surface area (Å²) in [6.07, 6.45) is 16.5. The van der Waals surface area contributed by atoms with Gasteiger partial charge in [-0.1, -0.05) is 84.0 Å². The molecule has 0 rings (SSSR count). The van der Waals surface area contributed by atoms with Crippen molar-refractivity contribution in [2.24, 2.45) is 0 Å². The summed E-state index contributed by atoms with van der Waals surface area (Å²) in [6.45, 7) is 1.91. The van der Waals surface area contributed by atoms with E-state index in [4.69, 9.17) is 4.74 Å². The summed E-state index contributed by atoms with van der Waals surface area (Å²) in [5.74, 6) is -1.06. The van der Waals surface area contributed by atoms with E-state index in [2.05, 4.69) is 6.92 Å². The van der Waals surface area contributed by atoms with E-state index < -0.39 is 21.8 Å². The zero-order valence-electron chi connectivity index (χ0n) is 16.3. The van der Waals surface area contributed by atoms with Gasteiger partial charge in [-0.2, -0.15) is 0 Å². The van der Waals surface area contributed by atoms with Gasteiger partial charge in [0, 0.05) is 6.42 Å². The second kappa shape index (κ2) is 19.2.